The molecule has 3 rings (SSSR count). The van der Waals surface area contributed by atoms with Gasteiger partial charge >= 0.3 is 0 Å². The van der Waals surface area contributed by atoms with Crippen LogP contribution in [0.25, 0.3) is 10.2 Å². The molecule has 0 aliphatic carbocycles. The standard InChI is InChI=1S/C12H13N7OS/c1-19(2)12-17-8(16-11(13)18-12)5-7-14-6-3-4-21-9(6)10(20)15-7/h3-4H,5H2,1-2H3,(H,14,15,20)(H2,13,16,17,18). The largest absolute Gasteiger partial charge is 0.368 e. The summed E-state index contributed by atoms with van der Waals surface area (Å²) in [5.74, 6) is 1.57. The molecule has 0 aromatic carbocycles. The summed E-state index contributed by atoms with van der Waals surface area (Å²) < 4.78 is 0.614. The highest BCUT2D eigenvalue weighted by Gasteiger charge is 2.10. The van der Waals surface area contributed by atoms with Crippen molar-refractivity contribution >= 4 is 33.5 Å². The zero-order chi connectivity index (χ0) is 15.0. The third-order valence-corrected chi connectivity index (χ3v) is 3.68. The van der Waals surface area contributed by atoms with Crippen LogP contribution in [0.3, 0.4) is 0 Å². The first-order valence-corrected chi connectivity index (χ1v) is 7.05. The van der Waals surface area contributed by atoms with Crippen LogP contribution in [0.2, 0.25) is 0 Å². The summed E-state index contributed by atoms with van der Waals surface area (Å²) >= 11 is 1.36. The first-order valence-electron chi connectivity index (χ1n) is 6.17. The van der Waals surface area contributed by atoms with E-state index in [1.54, 1.807) is 4.90 Å². The third kappa shape index (κ3) is 2.68. The Labute approximate surface area is 123 Å². The Kier molecular flexibility index (Phi) is 3.26. The van der Waals surface area contributed by atoms with Gasteiger partial charge in [-0.15, -0.1) is 11.3 Å². The van der Waals surface area contributed by atoms with Crippen LogP contribution >= 0.6 is 11.3 Å². The van der Waals surface area contributed by atoms with Gasteiger partial charge < -0.3 is 15.6 Å². The van der Waals surface area contributed by atoms with Crippen molar-refractivity contribution in [3.05, 3.63) is 33.4 Å². The van der Waals surface area contributed by atoms with Gasteiger partial charge in [0.1, 0.15) is 16.3 Å². The van der Waals surface area contributed by atoms with Crippen molar-refractivity contribution < 1.29 is 0 Å². The first kappa shape index (κ1) is 13.4. The lowest BCUT2D eigenvalue weighted by molar-refractivity contribution is 0.855. The molecule has 9 heteroatoms. The zero-order valence-electron chi connectivity index (χ0n) is 11.5. The number of aromatic amines is 1. The second-order valence-electron chi connectivity index (χ2n) is 4.63. The van der Waals surface area contributed by atoms with Crippen LogP contribution in [0, 0.1) is 0 Å². The number of hydrogen-bond acceptors (Lipinski definition) is 8. The fraction of sp³-hybridized carbons (Fsp3) is 0.250. The molecule has 0 aliphatic heterocycles. The SMILES string of the molecule is CN(C)c1nc(N)nc(Cc2nc3ccsc3c(=O)[nH]2)n1. The second-order valence-corrected chi connectivity index (χ2v) is 5.54. The van der Waals surface area contributed by atoms with E-state index in [0.29, 0.717) is 27.8 Å². The van der Waals surface area contributed by atoms with Gasteiger partial charge in [-0.25, -0.2) is 4.98 Å². The lowest BCUT2D eigenvalue weighted by Gasteiger charge is -2.11. The normalized spacial score (nSPS) is 11.0. The molecular weight excluding hydrogens is 290 g/mol. The van der Waals surface area contributed by atoms with Gasteiger partial charge in [-0.2, -0.15) is 15.0 Å². The van der Waals surface area contributed by atoms with Gasteiger partial charge in [0, 0.05) is 14.1 Å². The molecule has 0 bridgehead atoms. The van der Waals surface area contributed by atoms with E-state index in [9.17, 15) is 4.79 Å². The predicted octanol–water partition coefficient (Wildman–Crippen LogP) is 0.409. The van der Waals surface area contributed by atoms with E-state index in [1.807, 2.05) is 25.5 Å². The maximum Gasteiger partial charge on any atom is 0.268 e. The number of thiophene rings is 1. The van der Waals surface area contributed by atoms with Crippen molar-refractivity contribution in [1.82, 2.24) is 24.9 Å². The van der Waals surface area contributed by atoms with E-state index in [1.165, 1.54) is 11.3 Å². The molecule has 0 radical (unpaired) electrons. The van der Waals surface area contributed by atoms with Gasteiger partial charge in [-0.3, -0.25) is 4.79 Å². The van der Waals surface area contributed by atoms with Gasteiger partial charge in [-0.05, 0) is 11.4 Å². The van der Waals surface area contributed by atoms with E-state index in [4.69, 9.17) is 5.73 Å². The fourth-order valence-corrected chi connectivity index (χ4v) is 2.58. The van der Waals surface area contributed by atoms with E-state index in [-0.39, 0.29) is 17.9 Å². The highest BCUT2D eigenvalue weighted by atomic mass is 32.1. The zero-order valence-corrected chi connectivity index (χ0v) is 12.3. The molecule has 0 aliphatic rings. The molecule has 108 valence electrons. The number of H-pyrrole nitrogens is 1. The number of rotatable bonds is 3. The minimum Gasteiger partial charge on any atom is -0.368 e. The molecule has 0 saturated heterocycles. The van der Waals surface area contributed by atoms with Gasteiger partial charge in [0.05, 0.1) is 11.9 Å². The van der Waals surface area contributed by atoms with Crippen LogP contribution in [0.15, 0.2) is 16.2 Å². The molecule has 0 saturated carbocycles. The van der Waals surface area contributed by atoms with Crippen molar-refractivity contribution in [3.63, 3.8) is 0 Å². The predicted molar refractivity (Wildman–Crippen MR) is 81.6 cm³/mol. The summed E-state index contributed by atoms with van der Waals surface area (Å²) in [7, 11) is 3.63. The molecule has 0 amide bonds. The Balaban J connectivity index is 2.00. The lowest BCUT2D eigenvalue weighted by Crippen LogP contribution is -2.17. The van der Waals surface area contributed by atoms with Crippen molar-refractivity contribution in [2.75, 3.05) is 24.7 Å². The monoisotopic (exact) mass is 303 g/mol. The van der Waals surface area contributed by atoms with Crippen LogP contribution in [0.4, 0.5) is 11.9 Å². The summed E-state index contributed by atoms with van der Waals surface area (Å²) in [5, 5.41) is 1.84. The summed E-state index contributed by atoms with van der Waals surface area (Å²) in [6, 6.07) is 1.81. The summed E-state index contributed by atoms with van der Waals surface area (Å²) in [6.07, 6.45) is 0.286. The average molecular weight is 303 g/mol. The van der Waals surface area contributed by atoms with Crippen molar-refractivity contribution in [2.24, 2.45) is 0 Å². The van der Waals surface area contributed by atoms with Crippen LogP contribution in [-0.4, -0.2) is 39.0 Å². The smallest absolute Gasteiger partial charge is 0.268 e. The van der Waals surface area contributed by atoms with E-state index < -0.39 is 0 Å². The number of nitrogens with one attached hydrogen (secondary N) is 1. The molecule has 0 fully saturated rings. The van der Waals surface area contributed by atoms with Crippen LogP contribution < -0.4 is 16.2 Å². The molecule has 3 N–H and O–H groups in total. The Hall–Kier alpha value is -2.55. The number of aromatic nitrogens is 5. The number of nitrogens with zero attached hydrogens (tertiary/aromatic N) is 5. The number of fused-ring (bicyclic) bond motifs is 1. The van der Waals surface area contributed by atoms with Gasteiger partial charge in [0.25, 0.3) is 5.56 Å². The van der Waals surface area contributed by atoms with E-state index >= 15 is 0 Å². The Bertz CT molecular complexity index is 854. The molecule has 8 nitrogen and oxygen atoms in total. The van der Waals surface area contributed by atoms with Crippen molar-refractivity contribution in [2.45, 2.75) is 6.42 Å². The minimum atomic E-state index is -0.153. The number of nitrogens with two attached hydrogens (primary N) is 1. The average Bonchev–Trinajstić information content (AvgIpc) is 2.86. The maximum absolute atomic E-state index is 11.9. The number of anilines is 2. The van der Waals surface area contributed by atoms with E-state index in [2.05, 4.69) is 24.9 Å². The van der Waals surface area contributed by atoms with Crippen molar-refractivity contribution in [3.8, 4) is 0 Å². The third-order valence-electron chi connectivity index (χ3n) is 2.78. The molecule has 3 heterocycles. The summed E-state index contributed by atoms with van der Waals surface area (Å²) in [4.78, 5) is 33.2. The second kappa shape index (κ2) is 5.09. The molecular formula is C12H13N7OS. The maximum atomic E-state index is 11.9. The molecule has 0 unspecified atom stereocenters. The highest BCUT2D eigenvalue weighted by molar-refractivity contribution is 7.17. The van der Waals surface area contributed by atoms with Gasteiger partial charge in [0.15, 0.2) is 0 Å². The minimum absolute atomic E-state index is 0.141. The molecule has 3 aromatic heterocycles. The van der Waals surface area contributed by atoms with Crippen LogP contribution in [-0.2, 0) is 6.42 Å². The fourth-order valence-electron chi connectivity index (χ4n) is 1.86. The summed E-state index contributed by atoms with van der Waals surface area (Å²) in [5.41, 5.74) is 6.20. The topological polar surface area (TPSA) is 114 Å². The van der Waals surface area contributed by atoms with Crippen LogP contribution in [0.1, 0.15) is 11.6 Å². The Morgan fingerprint density at radius 2 is 2.10 bits per heavy atom. The molecule has 0 atom stereocenters. The first-order chi connectivity index (χ1) is 10.0. The molecule has 21 heavy (non-hydrogen) atoms. The number of nitrogen functional groups attached to an aromatic ring is 1. The quantitative estimate of drug-likeness (QED) is 0.720. The Morgan fingerprint density at radius 3 is 2.86 bits per heavy atom. The molecule has 3 aromatic rings. The van der Waals surface area contributed by atoms with Crippen LogP contribution in [0.5, 0.6) is 0 Å². The van der Waals surface area contributed by atoms with Crippen molar-refractivity contribution in [1.29, 1.82) is 0 Å². The van der Waals surface area contributed by atoms with E-state index in [0.717, 1.165) is 0 Å². The number of hydrogen-bond donors (Lipinski definition) is 2. The summed E-state index contributed by atoms with van der Waals surface area (Å²) in [6.45, 7) is 0. The van der Waals surface area contributed by atoms with Gasteiger partial charge in [-0.1, -0.05) is 0 Å². The Morgan fingerprint density at radius 1 is 1.29 bits per heavy atom. The van der Waals surface area contributed by atoms with Gasteiger partial charge in [0.2, 0.25) is 11.9 Å². The molecule has 0 spiro atoms. The lowest BCUT2D eigenvalue weighted by atomic mass is 10.3. The highest BCUT2D eigenvalue weighted by Crippen LogP contribution is 2.14.